The fourth-order valence-electron chi connectivity index (χ4n) is 2.59. The van der Waals surface area contributed by atoms with E-state index >= 15 is 0 Å². The van der Waals surface area contributed by atoms with Crippen molar-refractivity contribution < 1.29 is 27.4 Å². The number of sulfonamides is 1. The highest BCUT2D eigenvalue weighted by Gasteiger charge is 2.14. The average Bonchev–Trinajstić information content (AvgIpc) is 2.72. The van der Waals surface area contributed by atoms with Crippen LogP contribution in [0.4, 0.5) is 0 Å². The molecule has 0 heterocycles. The van der Waals surface area contributed by atoms with E-state index in [1.54, 1.807) is 37.4 Å². The van der Waals surface area contributed by atoms with E-state index < -0.39 is 10.0 Å². The minimum absolute atomic E-state index is 0.0766. The van der Waals surface area contributed by atoms with Gasteiger partial charge in [0.25, 0.3) is 0 Å². The highest BCUT2D eigenvalue weighted by atomic mass is 32.2. The van der Waals surface area contributed by atoms with Gasteiger partial charge in [0, 0.05) is 13.1 Å². The zero-order valence-corrected chi connectivity index (χ0v) is 17.5. The van der Waals surface area contributed by atoms with E-state index in [0.29, 0.717) is 23.9 Å². The number of benzene rings is 2. The first-order chi connectivity index (χ1) is 13.9. The summed E-state index contributed by atoms with van der Waals surface area (Å²) in [6.07, 6.45) is 0.145. The molecule has 2 aromatic rings. The molecule has 0 unspecified atom stereocenters. The number of hydrogen-bond acceptors (Lipinski definition) is 6. The summed E-state index contributed by atoms with van der Waals surface area (Å²) in [5.74, 6) is 1.51. The molecule has 0 spiro atoms. The van der Waals surface area contributed by atoms with Crippen molar-refractivity contribution >= 4 is 15.9 Å². The largest absolute Gasteiger partial charge is 0.494 e. The Bertz CT molecular complexity index is 913. The lowest BCUT2D eigenvalue weighted by Gasteiger charge is -2.11. The van der Waals surface area contributed by atoms with Crippen molar-refractivity contribution in [2.45, 2.75) is 18.2 Å². The molecule has 2 aromatic carbocycles. The molecule has 9 heteroatoms. The molecule has 0 fully saturated rings. The van der Waals surface area contributed by atoms with Gasteiger partial charge in [0.05, 0.1) is 32.1 Å². The van der Waals surface area contributed by atoms with Crippen molar-refractivity contribution in [3.63, 3.8) is 0 Å². The number of ether oxygens (including phenoxy) is 3. The molecule has 0 atom stereocenters. The summed E-state index contributed by atoms with van der Waals surface area (Å²) in [5.41, 5.74) is 0.759. The number of carbonyl (C=O) groups is 1. The Kier molecular flexibility index (Phi) is 8.29. The monoisotopic (exact) mass is 422 g/mol. The van der Waals surface area contributed by atoms with Crippen LogP contribution in [-0.2, 0) is 21.2 Å². The highest BCUT2D eigenvalue weighted by molar-refractivity contribution is 7.89. The third-order valence-corrected chi connectivity index (χ3v) is 5.47. The van der Waals surface area contributed by atoms with Crippen molar-refractivity contribution in [2.24, 2.45) is 0 Å². The maximum absolute atomic E-state index is 12.3. The number of carbonyl (C=O) groups excluding carboxylic acids is 1. The van der Waals surface area contributed by atoms with E-state index in [4.69, 9.17) is 14.2 Å². The predicted molar refractivity (Wildman–Crippen MR) is 109 cm³/mol. The predicted octanol–water partition coefficient (Wildman–Crippen LogP) is 1.74. The van der Waals surface area contributed by atoms with Crippen molar-refractivity contribution in [3.8, 4) is 17.2 Å². The molecular weight excluding hydrogens is 396 g/mol. The van der Waals surface area contributed by atoms with Gasteiger partial charge < -0.3 is 19.5 Å². The maximum atomic E-state index is 12.3. The Morgan fingerprint density at radius 1 is 0.966 bits per heavy atom. The van der Waals surface area contributed by atoms with E-state index in [9.17, 15) is 13.2 Å². The first-order valence-electron chi connectivity index (χ1n) is 9.09. The normalized spacial score (nSPS) is 11.0. The smallest absolute Gasteiger partial charge is 0.240 e. The van der Waals surface area contributed by atoms with Crippen LogP contribution in [0, 0.1) is 0 Å². The van der Waals surface area contributed by atoms with E-state index in [2.05, 4.69) is 10.0 Å². The SMILES string of the molecule is CCOc1ccc(S(=O)(=O)NCCNC(=O)Cc2ccc(OC)c(OC)c2)cc1. The fraction of sp³-hybridized carbons (Fsp3) is 0.350. The first-order valence-corrected chi connectivity index (χ1v) is 10.6. The summed E-state index contributed by atoms with van der Waals surface area (Å²) in [6, 6.07) is 11.4. The molecule has 8 nitrogen and oxygen atoms in total. The van der Waals surface area contributed by atoms with Crippen LogP contribution in [0.5, 0.6) is 17.2 Å². The Morgan fingerprint density at radius 3 is 2.28 bits per heavy atom. The van der Waals surface area contributed by atoms with Crippen LogP contribution >= 0.6 is 0 Å². The maximum Gasteiger partial charge on any atom is 0.240 e. The molecule has 158 valence electrons. The number of methoxy groups -OCH3 is 2. The van der Waals surface area contributed by atoms with E-state index in [1.165, 1.54) is 19.2 Å². The molecule has 0 saturated heterocycles. The standard InChI is InChI=1S/C20H26N2O6S/c1-4-28-16-6-8-17(9-7-16)29(24,25)22-12-11-21-20(23)14-15-5-10-18(26-2)19(13-15)27-3/h5-10,13,22H,4,11-12,14H2,1-3H3,(H,21,23). The van der Waals surface area contributed by atoms with Crippen LogP contribution in [0.1, 0.15) is 12.5 Å². The van der Waals surface area contributed by atoms with Gasteiger partial charge in [-0.05, 0) is 48.9 Å². The molecule has 0 aliphatic rings. The second-order valence-electron chi connectivity index (χ2n) is 6.02. The molecule has 0 aliphatic carbocycles. The second-order valence-corrected chi connectivity index (χ2v) is 7.79. The molecule has 29 heavy (non-hydrogen) atoms. The lowest BCUT2D eigenvalue weighted by Crippen LogP contribution is -2.35. The topological polar surface area (TPSA) is 103 Å². The van der Waals surface area contributed by atoms with Gasteiger partial charge >= 0.3 is 0 Å². The molecular formula is C20H26N2O6S. The van der Waals surface area contributed by atoms with E-state index in [1.807, 2.05) is 6.92 Å². The Labute approximate surface area is 171 Å². The van der Waals surface area contributed by atoms with Crippen LogP contribution in [0.15, 0.2) is 47.4 Å². The molecule has 1 amide bonds. The molecule has 2 rings (SSSR count). The van der Waals surface area contributed by atoms with Crippen molar-refractivity contribution in [1.82, 2.24) is 10.0 Å². The van der Waals surface area contributed by atoms with Gasteiger partial charge in [-0.25, -0.2) is 13.1 Å². The summed E-state index contributed by atoms with van der Waals surface area (Å²) in [5, 5.41) is 2.69. The third kappa shape index (κ3) is 6.65. The Balaban J connectivity index is 1.81. The fourth-order valence-corrected chi connectivity index (χ4v) is 3.62. The molecule has 0 saturated carbocycles. The minimum atomic E-state index is -3.65. The van der Waals surface area contributed by atoms with Crippen LogP contribution in [0.3, 0.4) is 0 Å². The van der Waals surface area contributed by atoms with Crippen LogP contribution < -0.4 is 24.2 Å². The summed E-state index contributed by atoms with van der Waals surface area (Å²) in [7, 11) is -0.587. The number of hydrogen-bond donors (Lipinski definition) is 2. The van der Waals surface area contributed by atoms with Gasteiger partial charge in [0.1, 0.15) is 5.75 Å². The zero-order valence-electron chi connectivity index (χ0n) is 16.7. The van der Waals surface area contributed by atoms with E-state index in [-0.39, 0.29) is 30.3 Å². The third-order valence-electron chi connectivity index (χ3n) is 4.00. The quantitative estimate of drug-likeness (QED) is 0.535. The Morgan fingerprint density at radius 2 is 1.66 bits per heavy atom. The zero-order chi connectivity index (χ0) is 21.3. The van der Waals surface area contributed by atoms with Crippen LogP contribution in [0.2, 0.25) is 0 Å². The highest BCUT2D eigenvalue weighted by Crippen LogP contribution is 2.27. The molecule has 0 aromatic heterocycles. The average molecular weight is 423 g/mol. The van der Waals surface area contributed by atoms with Gasteiger partial charge in [-0.15, -0.1) is 0 Å². The van der Waals surface area contributed by atoms with E-state index in [0.717, 1.165) is 5.56 Å². The second kappa shape index (κ2) is 10.7. The van der Waals surface area contributed by atoms with Crippen LogP contribution in [0.25, 0.3) is 0 Å². The molecule has 2 N–H and O–H groups in total. The number of amides is 1. The number of rotatable bonds is 11. The van der Waals surface area contributed by atoms with Gasteiger partial charge in [-0.2, -0.15) is 0 Å². The number of nitrogens with one attached hydrogen (secondary N) is 2. The summed E-state index contributed by atoms with van der Waals surface area (Å²) in [4.78, 5) is 12.2. The summed E-state index contributed by atoms with van der Waals surface area (Å²) < 4.78 is 42.7. The van der Waals surface area contributed by atoms with Gasteiger partial charge in [-0.3, -0.25) is 4.79 Å². The first kappa shape index (κ1) is 22.5. The molecule has 0 radical (unpaired) electrons. The van der Waals surface area contributed by atoms with Crippen LogP contribution in [-0.4, -0.2) is 48.2 Å². The molecule has 0 bridgehead atoms. The Hall–Kier alpha value is -2.78. The van der Waals surface area contributed by atoms with Gasteiger partial charge in [0.15, 0.2) is 11.5 Å². The lowest BCUT2D eigenvalue weighted by atomic mass is 10.1. The summed E-state index contributed by atoms with van der Waals surface area (Å²) in [6.45, 7) is 2.61. The van der Waals surface area contributed by atoms with Crippen molar-refractivity contribution in [2.75, 3.05) is 33.9 Å². The van der Waals surface area contributed by atoms with Gasteiger partial charge in [0.2, 0.25) is 15.9 Å². The van der Waals surface area contributed by atoms with Gasteiger partial charge in [-0.1, -0.05) is 6.07 Å². The van der Waals surface area contributed by atoms with Crippen molar-refractivity contribution in [3.05, 3.63) is 48.0 Å². The van der Waals surface area contributed by atoms with Crippen molar-refractivity contribution in [1.29, 1.82) is 0 Å². The minimum Gasteiger partial charge on any atom is -0.494 e. The molecule has 0 aliphatic heterocycles. The summed E-state index contributed by atoms with van der Waals surface area (Å²) >= 11 is 0. The lowest BCUT2D eigenvalue weighted by molar-refractivity contribution is -0.120.